The molecule has 0 spiro atoms. The van der Waals surface area contributed by atoms with E-state index in [4.69, 9.17) is 4.42 Å². The van der Waals surface area contributed by atoms with Crippen LogP contribution in [0.25, 0.3) is 21.0 Å². The van der Waals surface area contributed by atoms with Crippen LogP contribution in [0.4, 0.5) is 5.13 Å². The van der Waals surface area contributed by atoms with E-state index >= 15 is 0 Å². The molecule has 0 atom stereocenters. The minimum Gasteiger partial charge on any atom is -0.462 e. The van der Waals surface area contributed by atoms with Gasteiger partial charge >= 0.3 is 0 Å². The summed E-state index contributed by atoms with van der Waals surface area (Å²) < 4.78 is 6.43. The number of hydrogen-bond donors (Lipinski definition) is 0. The minimum absolute atomic E-state index is 0.00199. The Labute approximate surface area is 152 Å². The fourth-order valence-corrected chi connectivity index (χ4v) is 4.38. The zero-order chi connectivity index (χ0) is 17.2. The molecule has 1 aromatic carbocycles. The number of furan rings is 1. The number of fused-ring (bicyclic) bond motifs is 1. The lowest BCUT2D eigenvalue weighted by atomic mass is 10.3. The summed E-state index contributed by atoms with van der Waals surface area (Å²) in [4.78, 5) is 23.6. The number of para-hydroxylation sites is 1. The van der Waals surface area contributed by atoms with Crippen LogP contribution in [0.5, 0.6) is 0 Å². The summed E-state index contributed by atoms with van der Waals surface area (Å²) in [5.74, 6) is 0.722. The summed E-state index contributed by atoms with van der Waals surface area (Å²) in [7, 11) is 0. The molecule has 0 aliphatic rings. The molecule has 126 valence electrons. The van der Waals surface area contributed by atoms with Gasteiger partial charge in [0, 0.05) is 11.9 Å². The quantitative estimate of drug-likeness (QED) is 0.515. The summed E-state index contributed by atoms with van der Waals surface area (Å²) in [6.07, 6.45) is 1.87. The highest BCUT2D eigenvalue weighted by Gasteiger charge is 2.20. The van der Waals surface area contributed by atoms with E-state index in [1.54, 1.807) is 11.2 Å². The van der Waals surface area contributed by atoms with Crippen molar-refractivity contribution in [2.24, 2.45) is 0 Å². The summed E-state index contributed by atoms with van der Waals surface area (Å²) in [5.41, 5.74) is 1.67. The van der Waals surface area contributed by atoms with Crippen LogP contribution in [-0.4, -0.2) is 22.4 Å². The number of likely N-dealkylation sites (N-methyl/N-ethyl adjacent to an activating group) is 1. The van der Waals surface area contributed by atoms with Gasteiger partial charge in [-0.1, -0.05) is 23.5 Å². The lowest BCUT2D eigenvalue weighted by molar-refractivity contribution is -0.118. The van der Waals surface area contributed by atoms with Gasteiger partial charge in [-0.25, -0.2) is 9.97 Å². The SMILES string of the molecule is CCN(C(=O)Cc1csc(-c2ccco2)n1)c1nc2ccccc2s1. The van der Waals surface area contributed by atoms with Crippen LogP contribution in [-0.2, 0) is 11.2 Å². The molecule has 0 unspecified atom stereocenters. The van der Waals surface area contributed by atoms with E-state index in [2.05, 4.69) is 9.97 Å². The molecule has 4 aromatic rings. The van der Waals surface area contributed by atoms with Crippen molar-refractivity contribution in [2.75, 3.05) is 11.4 Å². The number of nitrogens with zero attached hydrogens (tertiary/aromatic N) is 3. The Kier molecular flexibility index (Phi) is 4.33. The molecular weight excluding hydrogens is 354 g/mol. The fourth-order valence-electron chi connectivity index (χ4n) is 2.55. The Balaban J connectivity index is 1.54. The van der Waals surface area contributed by atoms with E-state index in [-0.39, 0.29) is 12.3 Å². The number of carbonyl (C=O) groups excluding carboxylic acids is 1. The molecule has 3 heterocycles. The molecule has 25 heavy (non-hydrogen) atoms. The van der Waals surface area contributed by atoms with E-state index in [0.717, 1.165) is 31.8 Å². The topological polar surface area (TPSA) is 59.2 Å². The highest BCUT2D eigenvalue weighted by molar-refractivity contribution is 7.22. The molecule has 1 amide bonds. The standard InChI is InChI=1S/C18H15N3O2S2/c1-2-21(18-20-13-6-3-4-8-15(13)25-18)16(22)10-12-11-24-17(19-12)14-7-5-9-23-14/h3-9,11H,2,10H2,1H3. The highest BCUT2D eigenvalue weighted by Crippen LogP contribution is 2.29. The first-order valence-corrected chi connectivity index (χ1v) is 9.58. The van der Waals surface area contributed by atoms with Gasteiger partial charge in [0.05, 0.1) is 28.6 Å². The van der Waals surface area contributed by atoms with Crippen molar-refractivity contribution < 1.29 is 9.21 Å². The Hall–Kier alpha value is -2.51. The van der Waals surface area contributed by atoms with Crippen molar-refractivity contribution in [1.82, 2.24) is 9.97 Å². The largest absolute Gasteiger partial charge is 0.462 e. The Morgan fingerprint density at radius 2 is 2.08 bits per heavy atom. The van der Waals surface area contributed by atoms with Gasteiger partial charge in [-0.05, 0) is 31.2 Å². The monoisotopic (exact) mass is 369 g/mol. The van der Waals surface area contributed by atoms with Crippen LogP contribution in [0.15, 0.2) is 52.5 Å². The maximum absolute atomic E-state index is 12.8. The first-order chi connectivity index (χ1) is 12.2. The number of aromatic nitrogens is 2. The average Bonchev–Trinajstić information content (AvgIpc) is 3.35. The molecule has 0 saturated carbocycles. The third kappa shape index (κ3) is 3.20. The van der Waals surface area contributed by atoms with Crippen LogP contribution in [0.1, 0.15) is 12.6 Å². The van der Waals surface area contributed by atoms with Crippen molar-refractivity contribution in [1.29, 1.82) is 0 Å². The third-order valence-corrected chi connectivity index (χ3v) is 5.71. The first-order valence-electron chi connectivity index (χ1n) is 7.89. The predicted octanol–water partition coefficient (Wildman–Crippen LogP) is 4.61. The highest BCUT2D eigenvalue weighted by atomic mass is 32.1. The Bertz CT molecular complexity index is 971. The van der Waals surface area contributed by atoms with Crippen LogP contribution in [0.3, 0.4) is 0 Å². The number of hydrogen-bond acceptors (Lipinski definition) is 6. The molecule has 0 radical (unpaired) electrons. The predicted molar refractivity (Wildman–Crippen MR) is 101 cm³/mol. The summed E-state index contributed by atoms with van der Waals surface area (Å²) in [5, 5.41) is 3.42. The molecule has 0 aliphatic heterocycles. The lowest BCUT2D eigenvalue weighted by Gasteiger charge is -2.16. The second-order valence-electron chi connectivity index (χ2n) is 5.40. The van der Waals surface area contributed by atoms with E-state index in [1.807, 2.05) is 48.7 Å². The summed E-state index contributed by atoms with van der Waals surface area (Å²) in [6, 6.07) is 11.6. The summed E-state index contributed by atoms with van der Waals surface area (Å²) in [6.45, 7) is 2.53. The Morgan fingerprint density at radius 1 is 1.20 bits per heavy atom. The van der Waals surface area contributed by atoms with Crippen LogP contribution >= 0.6 is 22.7 Å². The van der Waals surface area contributed by atoms with Gasteiger partial charge in [-0.3, -0.25) is 9.69 Å². The van der Waals surface area contributed by atoms with Crippen molar-refractivity contribution in [3.63, 3.8) is 0 Å². The second kappa shape index (κ2) is 6.78. The van der Waals surface area contributed by atoms with Crippen molar-refractivity contribution in [3.05, 3.63) is 53.7 Å². The number of thiazole rings is 2. The van der Waals surface area contributed by atoms with Crippen molar-refractivity contribution in [2.45, 2.75) is 13.3 Å². The van der Waals surface area contributed by atoms with Gasteiger partial charge in [0.25, 0.3) is 0 Å². The van der Waals surface area contributed by atoms with E-state index in [0.29, 0.717) is 6.54 Å². The molecule has 3 aromatic heterocycles. The first kappa shape index (κ1) is 16.0. The van der Waals surface area contributed by atoms with Gasteiger partial charge in [0.1, 0.15) is 0 Å². The second-order valence-corrected chi connectivity index (χ2v) is 7.27. The molecule has 0 aliphatic carbocycles. The van der Waals surface area contributed by atoms with Gasteiger partial charge in [0.2, 0.25) is 5.91 Å². The van der Waals surface area contributed by atoms with Crippen LogP contribution < -0.4 is 4.90 Å². The van der Waals surface area contributed by atoms with Gasteiger partial charge < -0.3 is 4.42 Å². The molecule has 0 saturated heterocycles. The molecule has 0 fully saturated rings. The van der Waals surface area contributed by atoms with Crippen molar-refractivity contribution >= 4 is 43.9 Å². The van der Waals surface area contributed by atoms with Crippen LogP contribution in [0.2, 0.25) is 0 Å². The molecule has 0 bridgehead atoms. The molecule has 7 heteroatoms. The van der Waals surface area contributed by atoms with Gasteiger partial charge in [-0.2, -0.15) is 0 Å². The minimum atomic E-state index is -0.00199. The Morgan fingerprint density at radius 3 is 2.84 bits per heavy atom. The number of anilines is 1. The van der Waals surface area contributed by atoms with Crippen LogP contribution in [0, 0.1) is 0 Å². The number of benzene rings is 1. The lowest BCUT2D eigenvalue weighted by Crippen LogP contribution is -2.31. The third-order valence-electron chi connectivity index (χ3n) is 3.75. The van der Waals surface area contributed by atoms with E-state index < -0.39 is 0 Å². The smallest absolute Gasteiger partial charge is 0.234 e. The van der Waals surface area contributed by atoms with E-state index in [9.17, 15) is 4.79 Å². The van der Waals surface area contributed by atoms with E-state index in [1.165, 1.54) is 22.7 Å². The average molecular weight is 369 g/mol. The van der Waals surface area contributed by atoms with Gasteiger partial charge in [-0.15, -0.1) is 11.3 Å². The maximum atomic E-state index is 12.8. The molecule has 5 nitrogen and oxygen atoms in total. The molecule has 0 N–H and O–H groups in total. The molecular formula is C18H15N3O2S2. The normalized spacial score (nSPS) is 11.1. The van der Waals surface area contributed by atoms with Gasteiger partial charge in [0.15, 0.2) is 15.9 Å². The number of carbonyl (C=O) groups is 1. The zero-order valence-corrected chi connectivity index (χ0v) is 15.1. The molecule has 4 rings (SSSR count). The fraction of sp³-hybridized carbons (Fsp3) is 0.167. The zero-order valence-electron chi connectivity index (χ0n) is 13.5. The van der Waals surface area contributed by atoms with Crippen molar-refractivity contribution in [3.8, 4) is 10.8 Å². The maximum Gasteiger partial charge on any atom is 0.234 e. The number of rotatable bonds is 5. The number of amides is 1. The summed E-state index contributed by atoms with van der Waals surface area (Å²) >= 11 is 3.01.